The molecule has 168 valence electrons. The van der Waals surface area contributed by atoms with Gasteiger partial charge in [-0.05, 0) is 55.6 Å². The van der Waals surface area contributed by atoms with Gasteiger partial charge < -0.3 is 15.7 Å². The van der Waals surface area contributed by atoms with E-state index in [9.17, 15) is 19.5 Å². The molecule has 0 spiro atoms. The molecule has 2 aromatic carbocycles. The highest BCUT2D eigenvalue weighted by molar-refractivity contribution is 6.46. The van der Waals surface area contributed by atoms with Crippen LogP contribution < -0.4 is 10.6 Å². The molecule has 1 saturated carbocycles. The first kappa shape index (κ1) is 22.8. The molecule has 2 aliphatic rings. The first-order chi connectivity index (χ1) is 15.3. The van der Waals surface area contributed by atoms with Crippen LogP contribution in [-0.4, -0.2) is 41.3 Å². The Hall–Kier alpha value is -2.41. The second kappa shape index (κ2) is 8.85. The molecule has 0 bridgehead atoms. The Morgan fingerprint density at radius 2 is 1.88 bits per heavy atom. The number of ketones is 2. The molecule has 0 aromatic heterocycles. The van der Waals surface area contributed by atoms with E-state index in [4.69, 9.17) is 23.2 Å². The van der Waals surface area contributed by atoms with Gasteiger partial charge in [0.1, 0.15) is 5.54 Å². The monoisotopic (exact) mass is 474 g/mol. The summed E-state index contributed by atoms with van der Waals surface area (Å²) in [5.74, 6) is -3.16. The number of carboxylic acid groups (broad SMARTS) is 1. The Morgan fingerprint density at radius 3 is 2.56 bits per heavy atom. The summed E-state index contributed by atoms with van der Waals surface area (Å²) in [6.45, 7) is 0. The van der Waals surface area contributed by atoms with Gasteiger partial charge in [-0.3, -0.25) is 14.4 Å². The molecular formula is C24H24Cl2N2O4. The number of para-hydroxylation sites is 1. The van der Waals surface area contributed by atoms with E-state index in [0.717, 1.165) is 30.5 Å². The van der Waals surface area contributed by atoms with Gasteiger partial charge in [-0.2, -0.15) is 0 Å². The third kappa shape index (κ3) is 3.81. The van der Waals surface area contributed by atoms with Crippen LogP contribution >= 0.6 is 23.2 Å². The van der Waals surface area contributed by atoms with Crippen LogP contribution in [0.2, 0.25) is 10.0 Å². The molecule has 1 heterocycles. The Labute approximate surface area is 196 Å². The van der Waals surface area contributed by atoms with Crippen molar-refractivity contribution in [2.45, 2.75) is 43.2 Å². The highest BCUT2D eigenvalue weighted by atomic mass is 35.5. The lowest BCUT2D eigenvalue weighted by atomic mass is 9.65. The number of carbonyl (C=O) groups is 3. The number of rotatable bonds is 7. The molecule has 2 aromatic rings. The van der Waals surface area contributed by atoms with Gasteiger partial charge in [0.2, 0.25) is 11.6 Å². The summed E-state index contributed by atoms with van der Waals surface area (Å²) in [5, 5.41) is 17.3. The minimum Gasteiger partial charge on any atom is -0.480 e. The fraction of sp³-hybridized carbons (Fsp3) is 0.375. The number of carboxylic acids is 1. The van der Waals surface area contributed by atoms with Gasteiger partial charge >= 0.3 is 5.97 Å². The minimum atomic E-state index is -1.63. The van der Waals surface area contributed by atoms with Crippen molar-refractivity contribution in [1.29, 1.82) is 0 Å². The average molecular weight is 475 g/mol. The molecule has 4 rings (SSSR count). The molecular weight excluding hydrogens is 451 g/mol. The van der Waals surface area contributed by atoms with Crippen LogP contribution in [0.5, 0.6) is 0 Å². The van der Waals surface area contributed by atoms with Crippen LogP contribution in [-0.2, 0) is 9.59 Å². The minimum absolute atomic E-state index is 0.0290. The molecule has 0 amide bonds. The molecule has 0 saturated heterocycles. The molecule has 8 heteroatoms. The highest BCUT2D eigenvalue weighted by Crippen LogP contribution is 2.51. The molecule has 6 nitrogen and oxygen atoms in total. The van der Waals surface area contributed by atoms with Gasteiger partial charge in [0.05, 0.1) is 10.0 Å². The van der Waals surface area contributed by atoms with E-state index in [-0.39, 0.29) is 27.6 Å². The lowest BCUT2D eigenvalue weighted by Gasteiger charge is -2.46. The summed E-state index contributed by atoms with van der Waals surface area (Å²) in [7, 11) is 1.54. The van der Waals surface area contributed by atoms with Crippen molar-refractivity contribution in [2.24, 2.45) is 5.92 Å². The summed E-state index contributed by atoms with van der Waals surface area (Å²) < 4.78 is 0. The van der Waals surface area contributed by atoms with Gasteiger partial charge in [-0.15, -0.1) is 0 Å². The summed E-state index contributed by atoms with van der Waals surface area (Å²) in [6, 6.07) is 11.9. The number of fused-ring (bicyclic) bond motifs is 2. The van der Waals surface area contributed by atoms with Crippen molar-refractivity contribution in [3.8, 4) is 0 Å². The summed E-state index contributed by atoms with van der Waals surface area (Å²) in [4.78, 5) is 38.8. The maximum Gasteiger partial charge on any atom is 0.325 e. The van der Waals surface area contributed by atoms with Crippen LogP contribution in [0.1, 0.15) is 47.5 Å². The van der Waals surface area contributed by atoms with E-state index < -0.39 is 35.4 Å². The lowest BCUT2D eigenvalue weighted by molar-refractivity contribution is -0.148. The molecule has 0 radical (unpaired) electrons. The Balaban J connectivity index is 1.74. The van der Waals surface area contributed by atoms with Crippen LogP contribution in [0, 0.1) is 5.92 Å². The van der Waals surface area contributed by atoms with Crippen molar-refractivity contribution in [1.82, 2.24) is 5.32 Å². The zero-order chi connectivity index (χ0) is 23.0. The number of benzene rings is 2. The molecule has 32 heavy (non-hydrogen) atoms. The van der Waals surface area contributed by atoms with Gasteiger partial charge in [-0.1, -0.05) is 47.8 Å². The number of anilines is 1. The van der Waals surface area contributed by atoms with Crippen LogP contribution in [0.3, 0.4) is 0 Å². The molecule has 1 aliphatic heterocycles. The number of hydrogen-bond donors (Lipinski definition) is 3. The maximum absolute atomic E-state index is 13.1. The van der Waals surface area contributed by atoms with Crippen molar-refractivity contribution in [3.05, 3.63) is 63.6 Å². The van der Waals surface area contributed by atoms with E-state index in [1.165, 1.54) is 18.2 Å². The van der Waals surface area contributed by atoms with Crippen LogP contribution in [0.25, 0.3) is 0 Å². The quantitative estimate of drug-likeness (QED) is 0.402. The molecule has 1 aliphatic carbocycles. The third-order valence-corrected chi connectivity index (χ3v) is 7.61. The second-order valence-corrected chi connectivity index (χ2v) is 9.31. The summed E-state index contributed by atoms with van der Waals surface area (Å²) >= 11 is 11.9. The fourth-order valence-corrected chi connectivity index (χ4v) is 5.63. The van der Waals surface area contributed by atoms with Crippen LogP contribution in [0.15, 0.2) is 42.5 Å². The molecule has 3 N–H and O–H groups in total. The molecule has 2 unspecified atom stereocenters. The first-order valence-electron chi connectivity index (χ1n) is 10.6. The predicted molar refractivity (Wildman–Crippen MR) is 124 cm³/mol. The highest BCUT2D eigenvalue weighted by Gasteiger charge is 2.55. The lowest BCUT2D eigenvalue weighted by Crippen LogP contribution is -2.60. The van der Waals surface area contributed by atoms with E-state index in [0.29, 0.717) is 0 Å². The van der Waals surface area contributed by atoms with Gasteiger partial charge in [0.25, 0.3) is 0 Å². The van der Waals surface area contributed by atoms with E-state index >= 15 is 0 Å². The predicted octanol–water partition coefficient (Wildman–Crippen LogP) is 4.56. The maximum atomic E-state index is 13.1. The molecule has 4 atom stereocenters. The number of aliphatic carboxylic acids is 1. The van der Waals surface area contributed by atoms with Crippen molar-refractivity contribution in [3.63, 3.8) is 0 Å². The first-order valence-corrected chi connectivity index (χ1v) is 11.3. The summed E-state index contributed by atoms with van der Waals surface area (Å²) in [6.07, 6.45) is 2.29. The Morgan fingerprint density at radius 1 is 1.12 bits per heavy atom. The number of likely N-dealkylation sites (N-methyl/N-ethyl adjacent to an activating group) is 1. The zero-order valence-electron chi connectivity index (χ0n) is 17.5. The van der Waals surface area contributed by atoms with Crippen molar-refractivity contribution >= 4 is 46.4 Å². The Bertz CT molecular complexity index is 1090. The van der Waals surface area contributed by atoms with Gasteiger partial charge in [-0.25, -0.2) is 0 Å². The SMILES string of the molecule is CNC(CC(=O)C(=O)c1ccc(Cl)c(Cl)c1)(C(=O)O)C1c2ccccc2N[C@@H]2CCC[C@H]12. The standard InChI is InChI=1S/C24H24Cl2N2O4/c1-27-24(23(31)32,12-20(29)22(30)13-9-10-16(25)17(26)11-13)21-14-5-2-3-7-18(14)28-19-8-4-6-15(19)21/h2-3,5,7,9-11,15,19,21,27-28H,4,6,8,12H2,1H3,(H,31,32)/t15-,19+,21?,24?/m0/s1. The van der Waals surface area contributed by atoms with Gasteiger partial charge in [0, 0.05) is 29.6 Å². The average Bonchev–Trinajstić information content (AvgIpc) is 3.25. The number of hydrogen-bond acceptors (Lipinski definition) is 5. The topological polar surface area (TPSA) is 95.5 Å². The number of nitrogens with one attached hydrogen (secondary N) is 2. The fourth-order valence-electron chi connectivity index (χ4n) is 5.33. The van der Waals surface area contributed by atoms with E-state index in [1.807, 2.05) is 24.3 Å². The number of Topliss-reactive ketones (excluding diaryl/α,β-unsaturated/α-hetero) is 2. The molecule has 1 fully saturated rings. The third-order valence-electron chi connectivity index (χ3n) is 6.87. The van der Waals surface area contributed by atoms with Crippen molar-refractivity contribution < 1.29 is 19.5 Å². The number of halogens is 2. The van der Waals surface area contributed by atoms with Gasteiger partial charge in [0.15, 0.2) is 0 Å². The van der Waals surface area contributed by atoms with Crippen LogP contribution in [0.4, 0.5) is 5.69 Å². The second-order valence-electron chi connectivity index (χ2n) is 8.49. The Kier molecular flexibility index (Phi) is 6.30. The normalized spacial score (nSPS) is 23.4. The number of carbonyl (C=O) groups excluding carboxylic acids is 2. The largest absolute Gasteiger partial charge is 0.480 e. The summed E-state index contributed by atoms with van der Waals surface area (Å²) in [5.41, 5.74) is 0.185. The van der Waals surface area contributed by atoms with E-state index in [2.05, 4.69) is 10.6 Å². The van der Waals surface area contributed by atoms with Crippen molar-refractivity contribution in [2.75, 3.05) is 12.4 Å². The zero-order valence-corrected chi connectivity index (χ0v) is 19.0. The van der Waals surface area contributed by atoms with E-state index in [1.54, 1.807) is 7.05 Å². The smallest absolute Gasteiger partial charge is 0.325 e.